The molecule has 2 aliphatic rings. The molecule has 0 spiro atoms. The lowest BCUT2D eigenvalue weighted by atomic mass is 9.78. The molecule has 0 bridgehead atoms. The van der Waals surface area contributed by atoms with Crippen molar-refractivity contribution in [3.63, 3.8) is 0 Å². The number of nitrogens with one attached hydrogen (secondary N) is 2. The first-order chi connectivity index (χ1) is 21.4. The number of nitrogens with zero attached hydrogens (tertiary/aromatic N) is 6. The van der Waals surface area contributed by atoms with Gasteiger partial charge in [0.2, 0.25) is 0 Å². The van der Waals surface area contributed by atoms with Gasteiger partial charge in [0.05, 0.1) is 12.4 Å². The van der Waals surface area contributed by atoms with E-state index in [0.717, 1.165) is 72.8 Å². The molecule has 0 aliphatic heterocycles. The van der Waals surface area contributed by atoms with E-state index in [2.05, 4.69) is 65.6 Å². The van der Waals surface area contributed by atoms with Gasteiger partial charge < -0.3 is 21.1 Å². The van der Waals surface area contributed by atoms with Crippen LogP contribution in [0.5, 0.6) is 0 Å². The van der Waals surface area contributed by atoms with Gasteiger partial charge in [-0.3, -0.25) is 4.79 Å². The zero-order valence-corrected chi connectivity index (χ0v) is 29.2. The number of hydrogen-bond acceptors (Lipinski definition) is 9. The Kier molecular flexibility index (Phi) is 13.0. The van der Waals surface area contributed by atoms with Crippen LogP contribution in [0.4, 0.5) is 11.6 Å². The normalized spacial score (nSPS) is 21.5. The molecule has 4 N–H and O–H groups in total. The smallest absolute Gasteiger partial charge is 0.306 e. The SMILES string of the molecule is C.CCC(C)c1cc(NC2CC(CC(=O)OC(C)(C)C)C2)n2nccc2n1.CCC(C)c1cc(NC2CC(N)C2)n2nccc2n1.Cl. The van der Waals surface area contributed by atoms with Gasteiger partial charge in [0.25, 0.3) is 0 Å². The van der Waals surface area contributed by atoms with Crippen LogP contribution in [0.1, 0.15) is 124 Å². The van der Waals surface area contributed by atoms with Crippen LogP contribution in [0.2, 0.25) is 0 Å². The highest BCUT2D eigenvalue weighted by molar-refractivity contribution is 5.85. The third-order valence-corrected chi connectivity index (χ3v) is 8.98. The third-order valence-electron chi connectivity index (χ3n) is 8.98. The van der Waals surface area contributed by atoms with Crippen molar-refractivity contribution in [1.29, 1.82) is 0 Å². The summed E-state index contributed by atoms with van der Waals surface area (Å²) in [5.41, 5.74) is 9.42. The number of rotatable bonds is 10. The molecule has 6 rings (SSSR count). The first-order valence-electron chi connectivity index (χ1n) is 16.6. The minimum absolute atomic E-state index is 0. The molecule has 0 amide bonds. The summed E-state index contributed by atoms with van der Waals surface area (Å²) in [6.07, 6.45) is 10.2. The highest BCUT2D eigenvalue weighted by Gasteiger charge is 2.33. The van der Waals surface area contributed by atoms with E-state index >= 15 is 0 Å². The predicted octanol–water partition coefficient (Wildman–Crippen LogP) is 7.37. The van der Waals surface area contributed by atoms with E-state index in [9.17, 15) is 4.79 Å². The maximum atomic E-state index is 12.0. The summed E-state index contributed by atoms with van der Waals surface area (Å²) in [6, 6.07) is 9.29. The highest BCUT2D eigenvalue weighted by Crippen LogP contribution is 2.34. The predicted molar refractivity (Wildman–Crippen MR) is 193 cm³/mol. The van der Waals surface area contributed by atoms with Crippen molar-refractivity contribution in [2.24, 2.45) is 11.7 Å². The van der Waals surface area contributed by atoms with Gasteiger partial charge in [-0.2, -0.15) is 19.2 Å². The van der Waals surface area contributed by atoms with Crippen LogP contribution >= 0.6 is 12.4 Å². The third kappa shape index (κ3) is 9.56. The first-order valence-corrected chi connectivity index (χ1v) is 16.6. The van der Waals surface area contributed by atoms with Crippen molar-refractivity contribution >= 4 is 41.3 Å². The number of esters is 1. The number of hydrogen-bond donors (Lipinski definition) is 3. The zero-order valence-electron chi connectivity index (χ0n) is 28.4. The summed E-state index contributed by atoms with van der Waals surface area (Å²) in [5.74, 6) is 3.18. The summed E-state index contributed by atoms with van der Waals surface area (Å²) in [4.78, 5) is 21.3. The molecule has 0 saturated heterocycles. The number of anilines is 2. The zero-order chi connectivity index (χ0) is 32.3. The second-order valence-electron chi connectivity index (χ2n) is 14.0. The molecular formula is C35H56ClN9O2. The largest absolute Gasteiger partial charge is 0.460 e. The maximum absolute atomic E-state index is 12.0. The van der Waals surface area contributed by atoms with E-state index in [0.29, 0.717) is 42.3 Å². The molecule has 4 aromatic rings. The highest BCUT2D eigenvalue weighted by atomic mass is 35.5. The second-order valence-corrected chi connectivity index (χ2v) is 14.0. The number of carbonyl (C=O) groups is 1. The minimum atomic E-state index is -0.409. The van der Waals surface area contributed by atoms with E-state index in [1.807, 2.05) is 41.9 Å². The fourth-order valence-corrected chi connectivity index (χ4v) is 5.83. The quantitative estimate of drug-likeness (QED) is 0.148. The molecular weight excluding hydrogens is 614 g/mol. The Bertz CT molecular complexity index is 1580. The molecule has 0 radical (unpaired) electrons. The Hall–Kier alpha value is -3.44. The molecule has 2 aliphatic carbocycles. The van der Waals surface area contributed by atoms with E-state index in [1.54, 1.807) is 12.4 Å². The van der Waals surface area contributed by atoms with Gasteiger partial charge in [-0.05, 0) is 77.0 Å². The number of ether oxygens (including phenoxy) is 1. The van der Waals surface area contributed by atoms with Crippen LogP contribution in [-0.4, -0.2) is 58.9 Å². The Balaban J connectivity index is 0.000000255. The van der Waals surface area contributed by atoms with Crippen LogP contribution in [-0.2, 0) is 9.53 Å². The molecule has 12 heteroatoms. The summed E-state index contributed by atoms with van der Waals surface area (Å²) in [7, 11) is 0. The van der Waals surface area contributed by atoms with Crippen molar-refractivity contribution in [2.45, 2.75) is 136 Å². The molecule has 260 valence electrons. The molecule has 2 saturated carbocycles. The number of aromatic nitrogens is 6. The van der Waals surface area contributed by atoms with Crippen molar-refractivity contribution in [2.75, 3.05) is 10.6 Å². The summed E-state index contributed by atoms with van der Waals surface area (Å²) in [5, 5.41) is 15.8. The van der Waals surface area contributed by atoms with Crippen molar-refractivity contribution < 1.29 is 9.53 Å². The van der Waals surface area contributed by atoms with Crippen LogP contribution in [0.15, 0.2) is 36.7 Å². The van der Waals surface area contributed by atoms with Crippen LogP contribution in [0, 0.1) is 5.92 Å². The molecule has 47 heavy (non-hydrogen) atoms. The first kappa shape index (κ1) is 38.0. The topological polar surface area (TPSA) is 137 Å². The lowest BCUT2D eigenvalue weighted by molar-refractivity contribution is -0.156. The van der Waals surface area contributed by atoms with Gasteiger partial charge in [0.1, 0.15) is 17.2 Å². The summed E-state index contributed by atoms with van der Waals surface area (Å²) in [6.45, 7) is 14.5. The van der Waals surface area contributed by atoms with Gasteiger partial charge >= 0.3 is 5.97 Å². The minimum Gasteiger partial charge on any atom is -0.460 e. The molecule has 4 heterocycles. The summed E-state index contributed by atoms with van der Waals surface area (Å²) >= 11 is 0. The lowest BCUT2D eigenvalue weighted by Crippen LogP contribution is -2.44. The van der Waals surface area contributed by atoms with E-state index in [4.69, 9.17) is 15.5 Å². The fraction of sp³-hybridized carbons (Fsp3) is 0.629. The lowest BCUT2D eigenvalue weighted by Gasteiger charge is -2.36. The maximum Gasteiger partial charge on any atom is 0.306 e. The van der Waals surface area contributed by atoms with E-state index in [-0.39, 0.29) is 25.8 Å². The fourth-order valence-electron chi connectivity index (χ4n) is 5.83. The molecule has 4 aromatic heterocycles. The summed E-state index contributed by atoms with van der Waals surface area (Å²) < 4.78 is 9.14. The van der Waals surface area contributed by atoms with Crippen molar-refractivity contribution in [3.05, 3.63) is 48.0 Å². The van der Waals surface area contributed by atoms with Gasteiger partial charge in [-0.15, -0.1) is 12.4 Å². The number of nitrogens with two attached hydrogens (primary N) is 1. The van der Waals surface area contributed by atoms with Gasteiger partial charge in [-0.1, -0.05) is 35.1 Å². The Labute approximate surface area is 286 Å². The van der Waals surface area contributed by atoms with Crippen LogP contribution < -0.4 is 16.4 Å². The van der Waals surface area contributed by atoms with Crippen molar-refractivity contribution in [1.82, 2.24) is 29.2 Å². The molecule has 2 fully saturated rings. The van der Waals surface area contributed by atoms with Gasteiger partial charge in [-0.25, -0.2) is 9.97 Å². The monoisotopic (exact) mass is 669 g/mol. The average molecular weight is 670 g/mol. The molecule has 0 aromatic carbocycles. The van der Waals surface area contributed by atoms with Crippen LogP contribution in [0.3, 0.4) is 0 Å². The van der Waals surface area contributed by atoms with E-state index < -0.39 is 5.60 Å². The second kappa shape index (κ2) is 16.1. The Morgan fingerprint density at radius 1 is 0.894 bits per heavy atom. The number of halogens is 1. The average Bonchev–Trinajstić information content (AvgIpc) is 3.63. The van der Waals surface area contributed by atoms with Gasteiger partial charge in [0, 0.05) is 60.2 Å². The number of fused-ring (bicyclic) bond motifs is 2. The Morgan fingerprint density at radius 3 is 1.74 bits per heavy atom. The van der Waals surface area contributed by atoms with Crippen LogP contribution in [0.25, 0.3) is 11.3 Å². The van der Waals surface area contributed by atoms with Crippen molar-refractivity contribution in [3.8, 4) is 0 Å². The van der Waals surface area contributed by atoms with Gasteiger partial charge in [0.15, 0.2) is 11.3 Å². The number of carbonyl (C=O) groups excluding carboxylic acids is 1. The Morgan fingerprint density at radius 2 is 1.34 bits per heavy atom. The molecule has 2 atom stereocenters. The van der Waals surface area contributed by atoms with E-state index in [1.165, 1.54) is 0 Å². The molecule has 11 nitrogen and oxygen atoms in total. The standard InChI is InChI=1S/C20H30N4O2.C14H21N5.CH4.ClH/c1-6-13(2)16-12-18(24-17(23-16)7-8-21-24)22-15-9-14(10-15)11-19(25)26-20(3,4)5;1-3-9(2)12-8-14(17-11-6-10(15)7-11)19-13(18-12)4-5-16-19;;/h7-8,12-15,22H,6,9-11H2,1-5H3;4-5,8-11,17H,3,6-7,15H2,1-2H3;1H4;1H. The molecule has 2 unspecified atom stereocenters.